The zero-order chi connectivity index (χ0) is 20.8. The zero-order valence-electron chi connectivity index (χ0n) is 17.9. The highest BCUT2D eigenvalue weighted by atomic mass is 35.5. The molecule has 1 aliphatic heterocycles. The monoisotopic (exact) mass is 468 g/mol. The number of rotatable bonds is 8. The molecule has 3 N–H and O–H groups in total. The molecule has 0 aliphatic carbocycles. The van der Waals surface area contributed by atoms with Gasteiger partial charge in [0.25, 0.3) is 0 Å². The molecule has 1 fully saturated rings. The van der Waals surface area contributed by atoms with Gasteiger partial charge in [0, 0.05) is 17.2 Å². The summed E-state index contributed by atoms with van der Waals surface area (Å²) >= 11 is 0. The maximum atomic E-state index is 12.7. The molecule has 1 atom stereocenters. The van der Waals surface area contributed by atoms with Crippen molar-refractivity contribution in [2.75, 3.05) is 39.8 Å². The second-order valence-electron chi connectivity index (χ2n) is 7.70. The van der Waals surface area contributed by atoms with Gasteiger partial charge in [-0.3, -0.25) is 9.59 Å². The summed E-state index contributed by atoms with van der Waals surface area (Å²) in [6.45, 7) is 6.49. The van der Waals surface area contributed by atoms with Crippen molar-refractivity contribution in [2.45, 2.75) is 19.4 Å². The first-order valence-corrected chi connectivity index (χ1v) is 10.2. The van der Waals surface area contributed by atoms with Gasteiger partial charge in [0.15, 0.2) is 5.78 Å². The molecule has 0 saturated carbocycles. The predicted molar refractivity (Wildman–Crippen MR) is 110 cm³/mol. The number of methoxy groups -OCH3 is 1. The van der Waals surface area contributed by atoms with Crippen LogP contribution >= 0.6 is 0 Å². The summed E-state index contributed by atoms with van der Waals surface area (Å²) in [5.74, 6) is 0.718. The van der Waals surface area contributed by atoms with Crippen molar-refractivity contribution >= 4 is 11.6 Å². The van der Waals surface area contributed by atoms with E-state index in [4.69, 9.17) is 4.74 Å². The molecule has 0 aromatic heterocycles. The number of aromatic hydroxyl groups is 1. The van der Waals surface area contributed by atoms with E-state index < -0.39 is 0 Å². The van der Waals surface area contributed by atoms with Crippen LogP contribution in [0.3, 0.4) is 0 Å². The summed E-state index contributed by atoms with van der Waals surface area (Å²) in [6, 6.07) is 14.1. The first-order valence-electron chi connectivity index (χ1n) is 10.2. The van der Waals surface area contributed by atoms with Crippen LogP contribution in [-0.4, -0.2) is 62.5 Å². The number of ether oxygens (including phenoxy) is 1. The number of piperazine rings is 1. The van der Waals surface area contributed by atoms with Gasteiger partial charge in [0.1, 0.15) is 43.7 Å². The van der Waals surface area contributed by atoms with E-state index >= 15 is 0 Å². The second-order valence-corrected chi connectivity index (χ2v) is 7.70. The Morgan fingerprint density at radius 3 is 2.26 bits per heavy atom. The van der Waals surface area contributed by atoms with E-state index in [-0.39, 0.29) is 48.2 Å². The van der Waals surface area contributed by atoms with Crippen LogP contribution in [0.5, 0.6) is 11.5 Å². The van der Waals surface area contributed by atoms with E-state index in [1.165, 1.54) is 29.0 Å². The average Bonchev–Trinajstić information content (AvgIpc) is 2.76. The van der Waals surface area contributed by atoms with Gasteiger partial charge in [-0.05, 0) is 19.1 Å². The highest BCUT2D eigenvalue weighted by molar-refractivity contribution is 5.99. The van der Waals surface area contributed by atoms with Crippen molar-refractivity contribution in [1.29, 1.82) is 0 Å². The fourth-order valence-electron chi connectivity index (χ4n) is 3.94. The zero-order valence-corrected chi connectivity index (χ0v) is 19.4. The van der Waals surface area contributed by atoms with Crippen molar-refractivity contribution in [3.8, 4) is 11.5 Å². The quantitative estimate of drug-likeness (QED) is 0.337. The fraction of sp³-hybridized carbons (Fsp3) is 0.391. The number of carbonyl (C=O) groups excluding carboxylic acids is 2. The first-order chi connectivity index (χ1) is 14.0. The average molecular weight is 469 g/mol. The molecule has 3 rings (SSSR count). The third kappa shape index (κ3) is 7.21. The molecule has 170 valence electrons. The van der Waals surface area contributed by atoms with Crippen LogP contribution in [0.1, 0.15) is 34.1 Å². The van der Waals surface area contributed by atoms with Crippen LogP contribution in [-0.2, 0) is 0 Å². The number of phenolic OH excluding ortho intramolecular Hbond substituents is 1. The maximum absolute atomic E-state index is 12.7. The Labute approximate surface area is 196 Å². The molecule has 0 amide bonds. The number of quaternary nitrogens is 2. The molecule has 8 heteroatoms. The molecule has 6 nitrogen and oxygen atoms in total. The minimum Gasteiger partial charge on any atom is -1.00 e. The van der Waals surface area contributed by atoms with Crippen LogP contribution in [0.4, 0.5) is 0 Å². The highest BCUT2D eigenvalue weighted by Crippen LogP contribution is 2.22. The summed E-state index contributed by atoms with van der Waals surface area (Å²) in [5, 5.41) is 9.73. The molecule has 1 aliphatic rings. The highest BCUT2D eigenvalue weighted by Gasteiger charge is 2.31. The lowest BCUT2D eigenvalue weighted by Gasteiger charge is -2.32. The van der Waals surface area contributed by atoms with E-state index in [1.54, 1.807) is 6.07 Å². The summed E-state index contributed by atoms with van der Waals surface area (Å²) < 4.78 is 5.12. The lowest BCUT2D eigenvalue weighted by atomic mass is 10.0. The number of phenols is 1. The van der Waals surface area contributed by atoms with Crippen molar-refractivity contribution in [1.82, 2.24) is 0 Å². The van der Waals surface area contributed by atoms with Crippen molar-refractivity contribution < 1.29 is 54.0 Å². The van der Waals surface area contributed by atoms with Gasteiger partial charge in [-0.15, -0.1) is 0 Å². The van der Waals surface area contributed by atoms with Gasteiger partial charge in [0.05, 0.1) is 20.1 Å². The summed E-state index contributed by atoms with van der Waals surface area (Å²) in [5.41, 5.74) is 1.25. The third-order valence-electron chi connectivity index (χ3n) is 5.82. The Kier molecular flexibility index (Phi) is 11.0. The molecule has 2 aromatic rings. The van der Waals surface area contributed by atoms with E-state index in [2.05, 4.69) is 0 Å². The SMILES string of the molecule is COc1cc(O)cc(C(=O)CC[NH+]2CC[NH+](C(C)C(=O)c3ccccc3)CC2)c1.[Cl-].[Cl-]. The lowest BCUT2D eigenvalue weighted by Crippen LogP contribution is -3.29. The number of halogens is 2. The minimum absolute atomic E-state index is 0. The van der Waals surface area contributed by atoms with Crippen LogP contribution in [0, 0.1) is 0 Å². The standard InChI is InChI=1S/C23H28N2O4.2ClH/c1-17(23(28)18-6-4-3-5-7-18)25-12-10-24(11-13-25)9-8-22(27)19-14-20(26)16-21(15-19)29-2;;/h3-7,14-17,26H,8-13H2,1-2H3;2*1H. The Bertz CT molecular complexity index is 856. The summed E-state index contributed by atoms with van der Waals surface area (Å²) in [7, 11) is 1.51. The van der Waals surface area contributed by atoms with E-state index in [9.17, 15) is 14.7 Å². The normalized spacial score (nSPS) is 18.8. The smallest absolute Gasteiger partial charge is 0.219 e. The van der Waals surface area contributed by atoms with Crippen molar-refractivity contribution in [2.24, 2.45) is 0 Å². The van der Waals surface area contributed by atoms with E-state index in [1.807, 2.05) is 37.3 Å². The minimum atomic E-state index is -0.0552. The maximum Gasteiger partial charge on any atom is 0.219 e. The number of Topliss-reactive ketones (excluding diaryl/α,β-unsaturated/α-hetero) is 2. The molecule has 1 heterocycles. The van der Waals surface area contributed by atoms with Crippen molar-refractivity contribution in [3.63, 3.8) is 0 Å². The van der Waals surface area contributed by atoms with Crippen LogP contribution in [0.2, 0.25) is 0 Å². The van der Waals surface area contributed by atoms with E-state index in [0.717, 1.165) is 38.3 Å². The van der Waals surface area contributed by atoms with Crippen LogP contribution in [0.15, 0.2) is 48.5 Å². The second kappa shape index (κ2) is 12.7. The number of hydrogen-bond acceptors (Lipinski definition) is 4. The topological polar surface area (TPSA) is 72.5 Å². The summed E-state index contributed by atoms with van der Waals surface area (Å²) in [6.07, 6.45) is 0.426. The molecule has 2 aromatic carbocycles. The van der Waals surface area contributed by atoms with Crippen LogP contribution in [0.25, 0.3) is 0 Å². The largest absolute Gasteiger partial charge is 1.00 e. The van der Waals surface area contributed by atoms with Gasteiger partial charge in [-0.1, -0.05) is 30.3 Å². The van der Waals surface area contributed by atoms with Crippen LogP contribution < -0.4 is 39.4 Å². The van der Waals surface area contributed by atoms with Gasteiger partial charge >= 0.3 is 0 Å². The number of benzene rings is 2. The molecule has 1 unspecified atom stereocenters. The number of hydrogen-bond donors (Lipinski definition) is 3. The predicted octanol–water partition coefficient (Wildman–Crippen LogP) is -5.96. The van der Waals surface area contributed by atoms with Gasteiger partial charge < -0.3 is 44.5 Å². The number of nitrogens with one attached hydrogen (secondary N) is 2. The molecule has 0 spiro atoms. The fourth-order valence-corrected chi connectivity index (χ4v) is 3.94. The first kappa shape index (κ1) is 26.9. The third-order valence-corrected chi connectivity index (χ3v) is 5.82. The molecule has 1 saturated heterocycles. The Balaban J connectivity index is 0.00000240. The molecule has 0 radical (unpaired) electrons. The van der Waals surface area contributed by atoms with Gasteiger partial charge in [-0.25, -0.2) is 0 Å². The molecule has 0 bridgehead atoms. The van der Waals surface area contributed by atoms with E-state index in [0.29, 0.717) is 17.7 Å². The lowest BCUT2D eigenvalue weighted by molar-refractivity contribution is -1.02. The van der Waals surface area contributed by atoms with Gasteiger partial charge in [-0.2, -0.15) is 0 Å². The Morgan fingerprint density at radius 2 is 1.65 bits per heavy atom. The molecule has 31 heavy (non-hydrogen) atoms. The number of ketones is 2. The number of carbonyl (C=O) groups is 2. The Morgan fingerprint density at radius 1 is 1.00 bits per heavy atom. The Hall–Kier alpha value is -2.12. The summed E-state index contributed by atoms with van der Waals surface area (Å²) in [4.78, 5) is 27.9. The van der Waals surface area contributed by atoms with Crippen molar-refractivity contribution in [3.05, 3.63) is 59.7 Å². The van der Waals surface area contributed by atoms with Gasteiger partial charge in [0.2, 0.25) is 5.78 Å². The molecular weight excluding hydrogens is 439 g/mol. The molecular formula is C23H30Cl2N2O4.